The van der Waals surface area contributed by atoms with Gasteiger partial charge in [-0.2, -0.15) is 0 Å². The van der Waals surface area contributed by atoms with Gasteiger partial charge in [0.05, 0.1) is 27.3 Å². The van der Waals surface area contributed by atoms with Gasteiger partial charge in [-0.05, 0) is 30.0 Å². The summed E-state index contributed by atoms with van der Waals surface area (Å²) in [6.45, 7) is 8.49. The van der Waals surface area contributed by atoms with Crippen LogP contribution in [0.3, 0.4) is 0 Å². The van der Waals surface area contributed by atoms with E-state index in [1.165, 1.54) is 11.1 Å². The van der Waals surface area contributed by atoms with Crippen molar-refractivity contribution in [1.82, 2.24) is 0 Å². The Balaban J connectivity index is 1.64. The number of quaternary nitrogens is 1. The molecule has 0 aliphatic carbocycles. The largest absolute Gasteiger partial charge is 0.491 e. The molecule has 0 amide bonds. The van der Waals surface area contributed by atoms with E-state index in [-0.39, 0.29) is 0 Å². The van der Waals surface area contributed by atoms with Gasteiger partial charge in [-0.3, -0.25) is 0 Å². The zero-order valence-electron chi connectivity index (χ0n) is 16.8. The van der Waals surface area contributed by atoms with Crippen LogP contribution in [0.2, 0.25) is 0 Å². The highest BCUT2D eigenvalue weighted by molar-refractivity contribution is 5.22. The smallest absolute Gasteiger partial charge is 0.119 e. The van der Waals surface area contributed by atoms with E-state index in [0.29, 0.717) is 19.1 Å². The van der Waals surface area contributed by atoms with Gasteiger partial charge in [0.25, 0.3) is 0 Å². The van der Waals surface area contributed by atoms with E-state index in [4.69, 9.17) is 9.47 Å². The van der Waals surface area contributed by atoms with Gasteiger partial charge in [0.2, 0.25) is 0 Å². The number of rotatable bonds is 11. The molecule has 3 nitrogen and oxygen atoms in total. The minimum Gasteiger partial charge on any atom is -0.491 e. The van der Waals surface area contributed by atoms with Crippen molar-refractivity contribution in [2.75, 3.05) is 40.5 Å². The van der Waals surface area contributed by atoms with E-state index >= 15 is 0 Å². The van der Waals surface area contributed by atoms with Crippen molar-refractivity contribution in [2.45, 2.75) is 26.8 Å². The third-order valence-corrected chi connectivity index (χ3v) is 4.36. The van der Waals surface area contributed by atoms with Crippen molar-refractivity contribution >= 4 is 0 Å². The van der Waals surface area contributed by atoms with Crippen molar-refractivity contribution in [3.05, 3.63) is 65.7 Å². The fourth-order valence-corrected chi connectivity index (χ4v) is 2.97. The predicted octanol–water partition coefficient (Wildman–Crippen LogP) is 4.56. The summed E-state index contributed by atoms with van der Waals surface area (Å²) in [4.78, 5) is 0. The number of likely N-dealkylation sites (N-methyl/N-ethyl adjacent to an activating group) is 1. The number of hydrogen-bond donors (Lipinski definition) is 0. The number of para-hydroxylation sites is 1. The fraction of sp³-hybridized carbons (Fsp3) is 0.478. The number of hydrogen-bond acceptors (Lipinski definition) is 2. The number of ether oxygens (including phenoxy) is 2. The summed E-state index contributed by atoms with van der Waals surface area (Å²) in [5.41, 5.74) is 2.81. The van der Waals surface area contributed by atoms with Crippen LogP contribution in [0.5, 0.6) is 5.75 Å². The molecule has 142 valence electrons. The molecule has 0 aromatic heterocycles. The summed E-state index contributed by atoms with van der Waals surface area (Å²) in [6, 6.07) is 19.0. The lowest BCUT2D eigenvalue weighted by Crippen LogP contribution is -2.41. The molecule has 2 rings (SSSR count). The van der Waals surface area contributed by atoms with Crippen molar-refractivity contribution in [2.24, 2.45) is 5.92 Å². The molecular formula is C23H34NO2+. The standard InChI is InChI=1S/C23H34NO2/c1-20(2)18-21-10-12-22(13-11-21)19-24(3,4)14-15-25-16-17-26-23-8-6-5-7-9-23/h5-13,20H,14-19H2,1-4H3/q+1. The molecule has 26 heavy (non-hydrogen) atoms. The van der Waals surface area contributed by atoms with Crippen LogP contribution in [0, 0.1) is 5.92 Å². The van der Waals surface area contributed by atoms with Crippen molar-refractivity contribution in [1.29, 1.82) is 0 Å². The molecule has 2 aromatic rings. The molecule has 0 aliphatic heterocycles. The third-order valence-electron chi connectivity index (χ3n) is 4.36. The molecule has 0 heterocycles. The van der Waals surface area contributed by atoms with Crippen molar-refractivity contribution in [3.63, 3.8) is 0 Å². The zero-order valence-corrected chi connectivity index (χ0v) is 16.8. The van der Waals surface area contributed by atoms with Crippen LogP contribution in [0.25, 0.3) is 0 Å². The Morgan fingerprint density at radius 2 is 1.46 bits per heavy atom. The summed E-state index contributed by atoms with van der Waals surface area (Å²) in [5.74, 6) is 1.60. The maximum atomic E-state index is 5.75. The first-order chi connectivity index (χ1) is 12.4. The van der Waals surface area contributed by atoms with Crippen LogP contribution in [0.15, 0.2) is 54.6 Å². The Bertz CT molecular complexity index is 620. The molecule has 0 unspecified atom stereocenters. The first-order valence-electron chi connectivity index (χ1n) is 9.60. The Hall–Kier alpha value is -1.84. The van der Waals surface area contributed by atoms with Gasteiger partial charge in [-0.25, -0.2) is 0 Å². The summed E-state index contributed by atoms with van der Waals surface area (Å²) >= 11 is 0. The average molecular weight is 357 g/mol. The highest BCUT2D eigenvalue weighted by atomic mass is 16.5. The van der Waals surface area contributed by atoms with Crippen LogP contribution in [0.4, 0.5) is 0 Å². The van der Waals surface area contributed by atoms with E-state index in [1.807, 2.05) is 30.3 Å². The summed E-state index contributed by atoms with van der Waals surface area (Å²) in [5, 5.41) is 0. The molecular weight excluding hydrogens is 322 g/mol. The second-order valence-corrected chi connectivity index (χ2v) is 8.01. The monoisotopic (exact) mass is 356 g/mol. The molecule has 0 bridgehead atoms. The highest BCUT2D eigenvalue weighted by Gasteiger charge is 2.15. The minimum absolute atomic E-state index is 0.592. The van der Waals surface area contributed by atoms with Crippen LogP contribution in [0.1, 0.15) is 25.0 Å². The first-order valence-corrected chi connectivity index (χ1v) is 9.60. The molecule has 0 aliphatic rings. The number of nitrogens with zero attached hydrogens (tertiary/aromatic N) is 1. The maximum Gasteiger partial charge on any atom is 0.119 e. The maximum absolute atomic E-state index is 5.75. The molecule has 3 heteroatoms. The summed E-state index contributed by atoms with van der Waals surface area (Å²) in [6.07, 6.45) is 1.15. The lowest BCUT2D eigenvalue weighted by atomic mass is 10.0. The average Bonchev–Trinajstić information content (AvgIpc) is 2.60. The Labute approximate surface area is 159 Å². The summed E-state index contributed by atoms with van der Waals surface area (Å²) in [7, 11) is 4.51. The van der Waals surface area contributed by atoms with Crippen LogP contribution >= 0.6 is 0 Å². The topological polar surface area (TPSA) is 18.5 Å². The van der Waals surface area contributed by atoms with E-state index < -0.39 is 0 Å². The third kappa shape index (κ3) is 8.03. The normalized spacial score (nSPS) is 11.7. The minimum atomic E-state index is 0.592. The zero-order chi connectivity index (χ0) is 18.8. The molecule has 0 spiro atoms. The van der Waals surface area contributed by atoms with Gasteiger partial charge in [0, 0.05) is 5.56 Å². The van der Waals surface area contributed by atoms with Gasteiger partial charge >= 0.3 is 0 Å². The van der Waals surface area contributed by atoms with Gasteiger partial charge in [0.1, 0.15) is 25.4 Å². The SMILES string of the molecule is CC(C)Cc1ccc(C[N+](C)(C)CCOCCOc2ccccc2)cc1. The van der Waals surface area contributed by atoms with Gasteiger partial charge in [-0.1, -0.05) is 56.3 Å². The van der Waals surface area contributed by atoms with E-state index in [2.05, 4.69) is 52.2 Å². The van der Waals surface area contributed by atoms with Crippen LogP contribution in [-0.2, 0) is 17.7 Å². The van der Waals surface area contributed by atoms with E-state index in [0.717, 1.165) is 36.3 Å². The van der Waals surface area contributed by atoms with Gasteiger partial charge in [-0.15, -0.1) is 0 Å². The molecule has 0 N–H and O–H groups in total. The van der Waals surface area contributed by atoms with Crippen LogP contribution in [-0.4, -0.2) is 44.9 Å². The van der Waals surface area contributed by atoms with Crippen molar-refractivity contribution in [3.8, 4) is 5.75 Å². The van der Waals surface area contributed by atoms with Gasteiger partial charge < -0.3 is 14.0 Å². The Morgan fingerprint density at radius 1 is 0.808 bits per heavy atom. The second kappa shape index (κ2) is 10.3. The number of benzene rings is 2. The molecule has 0 saturated heterocycles. The summed E-state index contributed by atoms with van der Waals surface area (Å²) < 4.78 is 12.3. The second-order valence-electron chi connectivity index (χ2n) is 8.01. The van der Waals surface area contributed by atoms with Crippen molar-refractivity contribution < 1.29 is 14.0 Å². The highest BCUT2D eigenvalue weighted by Crippen LogP contribution is 2.13. The lowest BCUT2D eigenvalue weighted by molar-refractivity contribution is -0.904. The van der Waals surface area contributed by atoms with E-state index in [1.54, 1.807) is 0 Å². The van der Waals surface area contributed by atoms with Gasteiger partial charge in [0.15, 0.2) is 0 Å². The molecule has 0 atom stereocenters. The Kier molecular flexibility index (Phi) is 8.14. The fourth-order valence-electron chi connectivity index (χ4n) is 2.97. The quantitative estimate of drug-likeness (QED) is 0.434. The van der Waals surface area contributed by atoms with E-state index in [9.17, 15) is 0 Å². The first kappa shape index (κ1) is 20.5. The lowest BCUT2D eigenvalue weighted by Gasteiger charge is -2.29. The van der Waals surface area contributed by atoms with Crippen LogP contribution < -0.4 is 4.74 Å². The Morgan fingerprint density at radius 3 is 2.12 bits per heavy atom. The molecule has 2 aromatic carbocycles. The molecule has 0 radical (unpaired) electrons. The molecule has 0 fully saturated rings. The predicted molar refractivity (Wildman–Crippen MR) is 108 cm³/mol. The molecule has 0 saturated carbocycles.